The number of hydrogen-bond donors (Lipinski definition) is 0. The Kier molecular flexibility index (Phi) is 6.89. The molecule has 84 valence electrons. The molecule has 0 aromatic carbocycles. The van der Waals surface area contributed by atoms with E-state index in [1.165, 1.54) is 32.1 Å². The predicted octanol–water partition coefficient (Wildman–Crippen LogP) is 4.19. The predicted molar refractivity (Wildman–Crippen MR) is 64.8 cm³/mol. The Morgan fingerprint density at radius 2 is 1.33 bits per heavy atom. The van der Waals surface area contributed by atoms with E-state index in [2.05, 4.69) is 12.2 Å². The zero-order valence-electron chi connectivity index (χ0n) is 9.58. The van der Waals surface area contributed by atoms with Crippen LogP contribution in [0.4, 0.5) is 0 Å². The van der Waals surface area contributed by atoms with Crippen molar-refractivity contribution in [3.63, 3.8) is 0 Å². The lowest BCUT2D eigenvalue weighted by Crippen LogP contribution is -1.91. The number of hydrogen-bond acceptors (Lipinski definition) is 1. The van der Waals surface area contributed by atoms with Gasteiger partial charge in [0.1, 0.15) is 0 Å². The van der Waals surface area contributed by atoms with Crippen molar-refractivity contribution in [1.29, 1.82) is 0 Å². The molecule has 0 unspecified atom stereocenters. The molecule has 0 spiro atoms. The maximum absolute atomic E-state index is 11.3. The van der Waals surface area contributed by atoms with Crippen molar-refractivity contribution in [1.82, 2.24) is 0 Å². The van der Waals surface area contributed by atoms with E-state index in [9.17, 15) is 4.79 Å². The molecule has 0 N–H and O–H groups in total. The highest BCUT2D eigenvalue weighted by atomic mass is 16.1. The van der Waals surface area contributed by atoms with Crippen molar-refractivity contribution in [2.24, 2.45) is 0 Å². The number of rotatable bonds is 0. The number of allylic oxidation sites excluding steroid dienone is 4. The van der Waals surface area contributed by atoms with E-state index in [1.807, 2.05) is 6.08 Å². The summed E-state index contributed by atoms with van der Waals surface area (Å²) < 4.78 is 0. The van der Waals surface area contributed by atoms with Gasteiger partial charge in [-0.2, -0.15) is 0 Å². The molecule has 1 nitrogen and oxygen atoms in total. The van der Waals surface area contributed by atoms with Crippen LogP contribution in [0, 0.1) is 0 Å². The average Bonchev–Trinajstić information content (AvgIpc) is 2.24. The second-order valence-electron chi connectivity index (χ2n) is 4.22. The molecule has 0 atom stereocenters. The van der Waals surface area contributed by atoms with Crippen LogP contribution in [0.1, 0.15) is 57.8 Å². The normalized spacial score (nSPS) is 21.2. The molecule has 0 saturated carbocycles. The third-order valence-corrected chi connectivity index (χ3v) is 2.76. The van der Waals surface area contributed by atoms with Crippen molar-refractivity contribution >= 4 is 5.78 Å². The molecule has 0 bridgehead atoms. The molecule has 0 aromatic heterocycles. The molecule has 0 fully saturated rings. The van der Waals surface area contributed by atoms with Crippen LogP contribution < -0.4 is 0 Å². The van der Waals surface area contributed by atoms with Crippen LogP contribution in [0.3, 0.4) is 0 Å². The van der Waals surface area contributed by atoms with Crippen LogP contribution in [-0.2, 0) is 4.79 Å². The van der Waals surface area contributed by atoms with Crippen LogP contribution in [0.25, 0.3) is 0 Å². The third kappa shape index (κ3) is 7.12. The van der Waals surface area contributed by atoms with Gasteiger partial charge in [-0.3, -0.25) is 4.79 Å². The average molecular weight is 206 g/mol. The van der Waals surface area contributed by atoms with Gasteiger partial charge in [-0.25, -0.2) is 0 Å². The van der Waals surface area contributed by atoms with Crippen molar-refractivity contribution in [3.8, 4) is 0 Å². The minimum absolute atomic E-state index is 0.292. The lowest BCUT2D eigenvalue weighted by atomic mass is 10.1. The molecule has 1 rings (SSSR count). The van der Waals surface area contributed by atoms with E-state index in [4.69, 9.17) is 0 Å². The van der Waals surface area contributed by atoms with E-state index in [1.54, 1.807) is 6.08 Å². The van der Waals surface area contributed by atoms with Gasteiger partial charge in [-0.05, 0) is 44.6 Å². The molecule has 1 heteroatoms. The van der Waals surface area contributed by atoms with Crippen molar-refractivity contribution < 1.29 is 4.79 Å². The smallest absolute Gasteiger partial charge is 0.155 e. The monoisotopic (exact) mass is 206 g/mol. The van der Waals surface area contributed by atoms with Gasteiger partial charge < -0.3 is 0 Å². The molecule has 0 amide bonds. The second-order valence-corrected chi connectivity index (χ2v) is 4.22. The van der Waals surface area contributed by atoms with E-state index < -0.39 is 0 Å². The lowest BCUT2D eigenvalue weighted by molar-refractivity contribution is -0.114. The number of carbonyl (C=O) groups excluding carboxylic acids is 1. The zero-order valence-corrected chi connectivity index (χ0v) is 9.58. The standard InChI is InChI=1S/C14H22O/c15-14-12-10-8-6-4-2-1-3-5-7-9-11-13-14/h4,6,11,13H,1-3,5,7-10,12H2. The number of ketones is 1. The molecule has 0 heterocycles. The van der Waals surface area contributed by atoms with Gasteiger partial charge in [0, 0.05) is 6.42 Å². The highest BCUT2D eigenvalue weighted by Crippen LogP contribution is 2.08. The fourth-order valence-electron chi connectivity index (χ4n) is 1.81. The maximum atomic E-state index is 11.3. The lowest BCUT2D eigenvalue weighted by Gasteiger charge is -1.99. The molecule has 1 aliphatic rings. The van der Waals surface area contributed by atoms with Gasteiger partial charge in [0.2, 0.25) is 0 Å². The highest BCUT2D eigenvalue weighted by Gasteiger charge is 1.95. The Bertz CT molecular complexity index is 225. The first kappa shape index (κ1) is 12.2. The third-order valence-electron chi connectivity index (χ3n) is 2.76. The summed E-state index contributed by atoms with van der Waals surface area (Å²) in [6, 6.07) is 0. The van der Waals surface area contributed by atoms with Crippen LogP contribution in [0.2, 0.25) is 0 Å². The Balaban J connectivity index is 2.30. The van der Waals surface area contributed by atoms with Crippen LogP contribution >= 0.6 is 0 Å². The largest absolute Gasteiger partial charge is 0.295 e. The van der Waals surface area contributed by atoms with Crippen LogP contribution in [-0.4, -0.2) is 5.78 Å². The summed E-state index contributed by atoms with van der Waals surface area (Å²) in [5, 5.41) is 0. The van der Waals surface area contributed by atoms with Gasteiger partial charge in [0.05, 0.1) is 0 Å². The summed E-state index contributed by atoms with van der Waals surface area (Å²) in [6.07, 6.45) is 18.5. The van der Waals surface area contributed by atoms with Crippen molar-refractivity contribution in [3.05, 3.63) is 24.3 Å². The molecular weight excluding hydrogens is 184 g/mol. The fourth-order valence-corrected chi connectivity index (χ4v) is 1.81. The maximum Gasteiger partial charge on any atom is 0.155 e. The topological polar surface area (TPSA) is 17.1 Å². The molecular formula is C14H22O. The van der Waals surface area contributed by atoms with Gasteiger partial charge in [-0.15, -0.1) is 0 Å². The molecule has 1 aliphatic carbocycles. The van der Waals surface area contributed by atoms with E-state index in [-0.39, 0.29) is 0 Å². The molecule has 0 saturated heterocycles. The second kappa shape index (κ2) is 8.46. The SMILES string of the molecule is O=C1C=CCCCCCCC=CCCC1. The Morgan fingerprint density at radius 3 is 2.07 bits per heavy atom. The summed E-state index contributed by atoms with van der Waals surface area (Å²) in [5.74, 6) is 0.292. The quantitative estimate of drug-likeness (QED) is 0.543. The van der Waals surface area contributed by atoms with E-state index in [0.717, 1.165) is 19.3 Å². The summed E-state index contributed by atoms with van der Waals surface area (Å²) in [7, 11) is 0. The van der Waals surface area contributed by atoms with E-state index >= 15 is 0 Å². The molecule has 15 heavy (non-hydrogen) atoms. The van der Waals surface area contributed by atoms with Crippen LogP contribution in [0.15, 0.2) is 24.3 Å². The zero-order chi connectivity index (χ0) is 10.8. The van der Waals surface area contributed by atoms with Crippen molar-refractivity contribution in [2.45, 2.75) is 57.8 Å². The van der Waals surface area contributed by atoms with Gasteiger partial charge in [0.25, 0.3) is 0 Å². The molecule has 0 aromatic rings. The Morgan fingerprint density at radius 1 is 0.733 bits per heavy atom. The highest BCUT2D eigenvalue weighted by molar-refractivity contribution is 5.89. The summed E-state index contributed by atoms with van der Waals surface area (Å²) in [5.41, 5.74) is 0. The molecule has 0 radical (unpaired) electrons. The summed E-state index contributed by atoms with van der Waals surface area (Å²) in [4.78, 5) is 11.3. The minimum atomic E-state index is 0.292. The van der Waals surface area contributed by atoms with E-state index in [0.29, 0.717) is 12.2 Å². The summed E-state index contributed by atoms with van der Waals surface area (Å²) >= 11 is 0. The Hall–Kier alpha value is -0.850. The minimum Gasteiger partial charge on any atom is -0.295 e. The first-order chi connectivity index (χ1) is 7.39. The summed E-state index contributed by atoms with van der Waals surface area (Å²) in [6.45, 7) is 0. The molecule has 0 aliphatic heterocycles. The van der Waals surface area contributed by atoms with Gasteiger partial charge in [-0.1, -0.05) is 31.1 Å². The van der Waals surface area contributed by atoms with Gasteiger partial charge in [0.15, 0.2) is 5.78 Å². The first-order valence-corrected chi connectivity index (χ1v) is 6.24. The fraction of sp³-hybridized carbons (Fsp3) is 0.643. The van der Waals surface area contributed by atoms with Crippen LogP contribution in [0.5, 0.6) is 0 Å². The number of carbonyl (C=O) groups is 1. The Labute approximate surface area is 93.3 Å². The van der Waals surface area contributed by atoms with Crippen molar-refractivity contribution in [2.75, 3.05) is 0 Å². The van der Waals surface area contributed by atoms with Gasteiger partial charge >= 0.3 is 0 Å². The first-order valence-electron chi connectivity index (χ1n) is 6.24.